The Balaban J connectivity index is 1.52. The monoisotopic (exact) mass is 239 g/mol. The lowest BCUT2D eigenvalue weighted by atomic mass is 10.2. The number of nitrogens with zero attached hydrogens (tertiary/aromatic N) is 2. The van der Waals surface area contributed by atoms with Crippen molar-refractivity contribution in [3.63, 3.8) is 0 Å². The summed E-state index contributed by atoms with van der Waals surface area (Å²) in [7, 11) is 0. The average molecular weight is 239 g/mol. The molecule has 2 heterocycles. The molecule has 5 heteroatoms. The van der Waals surface area contributed by atoms with Crippen LogP contribution < -0.4 is 5.32 Å². The molecule has 0 saturated carbocycles. The Morgan fingerprint density at radius 1 is 1.59 bits per heavy atom. The molecule has 0 aliphatic carbocycles. The molecule has 1 saturated heterocycles. The normalized spacial score (nSPS) is 21.8. The molecule has 0 bridgehead atoms. The Labute approximate surface area is 102 Å². The lowest BCUT2D eigenvalue weighted by Gasteiger charge is -2.13. The van der Waals surface area contributed by atoms with Gasteiger partial charge in [0.15, 0.2) is 0 Å². The molecule has 1 aromatic heterocycles. The summed E-state index contributed by atoms with van der Waals surface area (Å²) in [4.78, 5) is 0. The van der Waals surface area contributed by atoms with Crippen LogP contribution in [0.4, 0.5) is 0 Å². The molecule has 2 atom stereocenters. The van der Waals surface area contributed by atoms with Crippen molar-refractivity contribution in [3.8, 4) is 0 Å². The van der Waals surface area contributed by atoms with Gasteiger partial charge in [-0.15, -0.1) is 0 Å². The van der Waals surface area contributed by atoms with Gasteiger partial charge in [-0.05, 0) is 31.9 Å². The largest absolute Gasteiger partial charge is 0.390 e. The van der Waals surface area contributed by atoms with E-state index in [4.69, 9.17) is 4.74 Å². The first-order valence-electron chi connectivity index (χ1n) is 6.32. The van der Waals surface area contributed by atoms with Gasteiger partial charge in [0.1, 0.15) is 0 Å². The maximum atomic E-state index is 9.76. The van der Waals surface area contributed by atoms with Gasteiger partial charge in [0.2, 0.25) is 0 Å². The van der Waals surface area contributed by atoms with Crippen molar-refractivity contribution in [1.82, 2.24) is 15.1 Å². The molecule has 2 N–H and O–H groups in total. The highest BCUT2D eigenvalue weighted by molar-refractivity contribution is 4.78. The molecule has 0 amide bonds. The molecule has 1 fully saturated rings. The minimum absolute atomic E-state index is 0.389. The number of rotatable bonds is 7. The van der Waals surface area contributed by atoms with Crippen LogP contribution in [-0.4, -0.2) is 46.8 Å². The minimum atomic E-state index is -0.389. The van der Waals surface area contributed by atoms with E-state index in [0.717, 1.165) is 19.6 Å². The van der Waals surface area contributed by atoms with Crippen LogP contribution in [0.5, 0.6) is 0 Å². The average Bonchev–Trinajstić information content (AvgIpc) is 2.96. The standard InChI is InChI=1S/C12H21N3O2/c16-11(10-15-7-2-5-14-15)9-13-6-4-12-3-1-8-17-12/h2,5,7,11-13,16H,1,3-4,6,8-10H2. The first kappa shape index (κ1) is 12.5. The van der Waals surface area contributed by atoms with Gasteiger partial charge in [-0.1, -0.05) is 0 Å². The van der Waals surface area contributed by atoms with Crippen LogP contribution >= 0.6 is 0 Å². The summed E-state index contributed by atoms with van der Waals surface area (Å²) < 4.78 is 7.27. The van der Waals surface area contributed by atoms with E-state index >= 15 is 0 Å². The molecule has 0 radical (unpaired) electrons. The van der Waals surface area contributed by atoms with Crippen molar-refractivity contribution in [1.29, 1.82) is 0 Å². The second-order valence-corrected chi connectivity index (χ2v) is 4.51. The van der Waals surface area contributed by atoms with Gasteiger partial charge in [-0.2, -0.15) is 5.10 Å². The first-order valence-corrected chi connectivity index (χ1v) is 6.32. The smallest absolute Gasteiger partial charge is 0.0860 e. The summed E-state index contributed by atoms with van der Waals surface area (Å²) in [5, 5.41) is 17.1. The topological polar surface area (TPSA) is 59.3 Å². The molecule has 96 valence electrons. The van der Waals surface area contributed by atoms with Crippen LogP contribution in [0, 0.1) is 0 Å². The van der Waals surface area contributed by atoms with Gasteiger partial charge in [0.05, 0.1) is 18.8 Å². The summed E-state index contributed by atoms with van der Waals surface area (Å²) >= 11 is 0. The second kappa shape index (κ2) is 6.74. The number of aliphatic hydroxyl groups excluding tert-OH is 1. The fourth-order valence-electron chi connectivity index (χ4n) is 2.09. The third-order valence-corrected chi connectivity index (χ3v) is 3.00. The second-order valence-electron chi connectivity index (χ2n) is 4.51. The van der Waals surface area contributed by atoms with Gasteiger partial charge >= 0.3 is 0 Å². The van der Waals surface area contributed by atoms with Crippen LogP contribution in [0.15, 0.2) is 18.5 Å². The number of hydrogen-bond acceptors (Lipinski definition) is 4. The zero-order chi connectivity index (χ0) is 11.9. The molecule has 2 rings (SSSR count). The zero-order valence-corrected chi connectivity index (χ0v) is 10.1. The highest BCUT2D eigenvalue weighted by Crippen LogP contribution is 2.14. The van der Waals surface area contributed by atoms with Crippen molar-refractivity contribution in [2.45, 2.75) is 38.0 Å². The molecule has 1 aromatic rings. The molecule has 0 aromatic carbocycles. The Morgan fingerprint density at radius 3 is 3.24 bits per heavy atom. The number of nitrogens with one attached hydrogen (secondary N) is 1. The van der Waals surface area contributed by atoms with Crippen molar-refractivity contribution in [2.24, 2.45) is 0 Å². The SMILES string of the molecule is OC(CNCCC1CCCO1)Cn1cccn1. The molecule has 1 aliphatic rings. The van der Waals surface area contributed by atoms with E-state index in [1.54, 1.807) is 10.9 Å². The first-order chi connectivity index (χ1) is 8.34. The Morgan fingerprint density at radius 2 is 2.53 bits per heavy atom. The molecular formula is C12H21N3O2. The van der Waals surface area contributed by atoms with E-state index in [1.807, 2.05) is 12.3 Å². The summed E-state index contributed by atoms with van der Waals surface area (Å²) in [6.45, 7) is 2.96. The zero-order valence-electron chi connectivity index (χ0n) is 10.1. The predicted molar refractivity (Wildman–Crippen MR) is 64.7 cm³/mol. The lowest BCUT2D eigenvalue weighted by molar-refractivity contribution is 0.101. The molecular weight excluding hydrogens is 218 g/mol. The summed E-state index contributed by atoms with van der Waals surface area (Å²) in [5.41, 5.74) is 0. The summed E-state index contributed by atoms with van der Waals surface area (Å²) in [5.74, 6) is 0. The maximum Gasteiger partial charge on any atom is 0.0860 e. The van der Waals surface area contributed by atoms with Crippen LogP contribution in [0.3, 0.4) is 0 Å². The van der Waals surface area contributed by atoms with Crippen molar-refractivity contribution in [2.75, 3.05) is 19.7 Å². The van der Waals surface area contributed by atoms with E-state index in [1.165, 1.54) is 12.8 Å². The van der Waals surface area contributed by atoms with Crippen molar-refractivity contribution >= 4 is 0 Å². The number of hydrogen-bond donors (Lipinski definition) is 2. The quantitative estimate of drug-likeness (QED) is 0.676. The van der Waals surface area contributed by atoms with Crippen LogP contribution in [-0.2, 0) is 11.3 Å². The van der Waals surface area contributed by atoms with Gasteiger partial charge in [-0.3, -0.25) is 4.68 Å². The molecule has 0 spiro atoms. The Bertz CT molecular complexity index is 297. The molecule has 2 unspecified atom stereocenters. The fraction of sp³-hybridized carbons (Fsp3) is 0.750. The fourth-order valence-corrected chi connectivity index (χ4v) is 2.09. The lowest BCUT2D eigenvalue weighted by Crippen LogP contribution is -2.32. The van der Waals surface area contributed by atoms with Crippen molar-refractivity contribution in [3.05, 3.63) is 18.5 Å². The van der Waals surface area contributed by atoms with E-state index in [0.29, 0.717) is 19.2 Å². The Hall–Kier alpha value is -0.910. The summed E-state index contributed by atoms with van der Waals surface area (Å²) in [6.07, 6.45) is 7.01. The van der Waals surface area contributed by atoms with E-state index in [2.05, 4.69) is 10.4 Å². The molecule has 1 aliphatic heterocycles. The van der Waals surface area contributed by atoms with Crippen LogP contribution in [0.1, 0.15) is 19.3 Å². The number of ether oxygens (including phenoxy) is 1. The van der Waals surface area contributed by atoms with Gasteiger partial charge in [-0.25, -0.2) is 0 Å². The third-order valence-electron chi connectivity index (χ3n) is 3.00. The van der Waals surface area contributed by atoms with E-state index < -0.39 is 0 Å². The number of aliphatic hydroxyl groups is 1. The van der Waals surface area contributed by atoms with Gasteiger partial charge in [0, 0.05) is 25.5 Å². The predicted octanol–water partition coefficient (Wildman–Crippen LogP) is 0.403. The van der Waals surface area contributed by atoms with Crippen molar-refractivity contribution < 1.29 is 9.84 Å². The molecule has 17 heavy (non-hydrogen) atoms. The van der Waals surface area contributed by atoms with Gasteiger partial charge < -0.3 is 15.2 Å². The number of aromatic nitrogens is 2. The highest BCUT2D eigenvalue weighted by atomic mass is 16.5. The van der Waals surface area contributed by atoms with Gasteiger partial charge in [0.25, 0.3) is 0 Å². The van der Waals surface area contributed by atoms with E-state index in [9.17, 15) is 5.11 Å². The van der Waals surface area contributed by atoms with E-state index in [-0.39, 0.29) is 6.10 Å². The molecule has 5 nitrogen and oxygen atoms in total. The highest BCUT2D eigenvalue weighted by Gasteiger charge is 2.14. The Kier molecular flexibility index (Phi) is 4.97. The maximum absolute atomic E-state index is 9.76. The minimum Gasteiger partial charge on any atom is -0.390 e. The summed E-state index contributed by atoms with van der Waals surface area (Å²) in [6, 6.07) is 1.86. The van der Waals surface area contributed by atoms with Crippen LogP contribution in [0.25, 0.3) is 0 Å². The third kappa shape index (κ3) is 4.46. The van der Waals surface area contributed by atoms with Crippen LogP contribution in [0.2, 0.25) is 0 Å².